The minimum Gasteiger partial charge on any atom is -0.435 e. The van der Waals surface area contributed by atoms with Crippen molar-refractivity contribution in [2.45, 2.75) is 26.9 Å². The van der Waals surface area contributed by atoms with E-state index in [0.29, 0.717) is 24.1 Å². The molecule has 0 radical (unpaired) electrons. The molecule has 0 aromatic heterocycles. The first-order chi connectivity index (χ1) is 10.4. The van der Waals surface area contributed by atoms with Crippen LogP contribution in [0.1, 0.15) is 20.3 Å². The molecule has 1 aliphatic heterocycles. The molecule has 0 unspecified atom stereocenters. The second-order valence-corrected chi connectivity index (χ2v) is 6.09. The zero-order chi connectivity index (χ0) is 16.1. The van der Waals surface area contributed by atoms with Crippen LogP contribution in [0.5, 0.6) is 5.75 Å². The van der Waals surface area contributed by atoms with Crippen LogP contribution in [0.2, 0.25) is 0 Å². The summed E-state index contributed by atoms with van der Waals surface area (Å²) < 4.78 is 28.4. The smallest absolute Gasteiger partial charge is 0.387 e. The summed E-state index contributed by atoms with van der Waals surface area (Å²) in [7, 11) is 0. The second-order valence-electron chi connectivity index (χ2n) is 6.09. The molecular formula is C16H22F2N2O2. The number of carbonyl (C=O) groups is 1. The molecule has 1 heterocycles. The van der Waals surface area contributed by atoms with Gasteiger partial charge in [-0.15, -0.1) is 0 Å². The summed E-state index contributed by atoms with van der Waals surface area (Å²) >= 11 is 0. The third-order valence-corrected chi connectivity index (χ3v) is 3.67. The number of likely N-dealkylation sites (tertiary alicyclic amines) is 1. The molecule has 6 heteroatoms. The maximum absolute atomic E-state index is 12.1. The number of anilines is 1. The highest BCUT2D eigenvalue weighted by Crippen LogP contribution is 2.21. The van der Waals surface area contributed by atoms with Crippen molar-refractivity contribution in [1.29, 1.82) is 0 Å². The Balaban J connectivity index is 1.84. The third kappa shape index (κ3) is 5.26. The number of alkyl halides is 2. The second kappa shape index (κ2) is 7.54. The highest BCUT2D eigenvalue weighted by molar-refractivity contribution is 5.92. The fraction of sp³-hybridized carbons (Fsp3) is 0.562. The quantitative estimate of drug-likeness (QED) is 0.908. The molecule has 1 fully saturated rings. The van der Waals surface area contributed by atoms with Gasteiger partial charge < -0.3 is 10.1 Å². The number of amides is 1. The van der Waals surface area contributed by atoms with E-state index in [1.165, 1.54) is 18.6 Å². The van der Waals surface area contributed by atoms with Gasteiger partial charge in [-0.3, -0.25) is 9.69 Å². The monoisotopic (exact) mass is 312 g/mol. The molecule has 0 spiro atoms. The largest absolute Gasteiger partial charge is 0.435 e. The number of carbonyl (C=O) groups excluding carboxylic acids is 1. The molecule has 0 saturated carbocycles. The molecule has 1 N–H and O–H groups in total. The molecule has 1 aromatic carbocycles. The molecule has 1 saturated heterocycles. The minimum absolute atomic E-state index is 0.0756. The van der Waals surface area contributed by atoms with Crippen LogP contribution in [0.3, 0.4) is 0 Å². The average Bonchev–Trinajstić information content (AvgIpc) is 2.39. The molecule has 22 heavy (non-hydrogen) atoms. The number of piperidine rings is 1. The van der Waals surface area contributed by atoms with Gasteiger partial charge in [0, 0.05) is 18.8 Å². The summed E-state index contributed by atoms with van der Waals surface area (Å²) in [6, 6.07) is 5.92. The molecular weight excluding hydrogens is 290 g/mol. The number of hydrogen-bond acceptors (Lipinski definition) is 3. The lowest BCUT2D eigenvalue weighted by atomic mass is 9.92. The van der Waals surface area contributed by atoms with E-state index in [4.69, 9.17) is 0 Å². The van der Waals surface area contributed by atoms with Crippen molar-refractivity contribution < 1.29 is 18.3 Å². The van der Waals surface area contributed by atoms with Crippen LogP contribution in [0.4, 0.5) is 14.5 Å². The van der Waals surface area contributed by atoms with Crippen molar-refractivity contribution in [1.82, 2.24) is 4.90 Å². The first-order valence-electron chi connectivity index (χ1n) is 7.49. The van der Waals surface area contributed by atoms with Gasteiger partial charge >= 0.3 is 6.61 Å². The summed E-state index contributed by atoms with van der Waals surface area (Å²) in [5.41, 5.74) is 0.574. The molecule has 0 aliphatic carbocycles. The zero-order valence-corrected chi connectivity index (χ0v) is 12.9. The van der Waals surface area contributed by atoms with Gasteiger partial charge in [-0.25, -0.2) is 0 Å². The van der Waals surface area contributed by atoms with E-state index in [1.807, 2.05) is 0 Å². The van der Waals surface area contributed by atoms with E-state index in [-0.39, 0.29) is 11.7 Å². The standard InChI is InChI=1S/C16H22F2N2O2/c1-11-7-12(2)9-20(8-11)10-15(21)19-13-3-5-14(6-4-13)22-16(17)18/h3-6,11-12,16H,7-10H2,1-2H3,(H,19,21)/t11-,12-/m1/s1. The minimum atomic E-state index is -2.84. The van der Waals surface area contributed by atoms with E-state index < -0.39 is 6.61 Å². The van der Waals surface area contributed by atoms with Crippen molar-refractivity contribution in [3.05, 3.63) is 24.3 Å². The number of benzene rings is 1. The van der Waals surface area contributed by atoms with Gasteiger partial charge in [0.25, 0.3) is 0 Å². The average molecular weight is 312 g/mol. The van der Waals surface area contributed by atoms with E-state index in [0.717, 1.165) is 13.1 Å². The predicted octanol–water partition coefficient (Wildman–Crippen LogP) is 3.20. The summed E-state index contributed by atoms with van der Waals surface area (Å²) in [6.07, 6.45) is 1.20. The number of nitrogens with one attached hydrogen (secondary N) is 1. The van der Waals surface area contributed by atoms with E-state index in [1.54, 1.807) is 12.1 Å². The van der Waals surface area contributed by atoms with Crippen molar-refractivity contribution in [3.63, 3.8) is 0 Å². The maximum Gasteiger partial charge on any atom is 0.387 e. The Morgan fingerprint density at radius 2 is 1.86 bits per heavy atom. The summed E-state index contributed by atoms with van der Waals surface area (Å²) in [5.74, 6) is 1.18. The molecule has 2 rings (SSSR count). The number of nitrogens with zero attached hydrogens (tertiary/aromatic N) is 1. The first kappa shape index (κ1) is 16.7. The Kier molecular flexibility index (Phi) is 5.71. The molecule has 2 atom stereocenters. The number of rotatable bonds is 5. The van der Waals surface area contributed by atoms with E-state index >= 15 is 0 Å². The van der Waals surface area contributed by atoms with Gasteiger partial charge in [0.2, 0.25) is 5.91 Å². The number of halogens is 2. The van der Waals surface area contributed by atoms with Crippen LogP contribution < -0.4 is 10.1 Å². The fourth-order valence-corrected chi connectivity index (χ4v) is 3.04. The van der Waals surface area contributed by atoms with Crippen molar-refractivity contribution in [2.24, 2.45) is 11.8 Å². The number of hydrogen-bond donors (Lipinski definition) is 1. The molecule has 0 bridgehead atoms. The van der Waals surface area contributed by atoms with Crippen molar-refractivity contribution >= 4 is 11.6 Å². The summed E-state index contributed by atoms with van der Waals surface area (Å²) in [5, 5.41) is 2.78. The number of ether oxygens (including phenoxy) is 1. The molecule has 1 amide bonds. The lowest BCUT2D eigenvalue weighted by Gasteiger charge is -2.34. The molecule has 1 aliphatic rings. The van der Waals surface area contributed by atoms with Gasteiger partial charge in [-0.1, -0.05) is 13.8 Å². The van der Waals surface area contributed by atoms with Gasteiger partial charge in [-0.05, 0) is 42.5 Å². The Bertz CT molecular complexity index is 483. The Hall–Kier alpha value is -1.69. The van der Waals surface area contributed by atoms with Gasteiger partial charge in [0.1, 0.15) is 5.75 Å². The molecule has 4 nitrogen and oxygen atoms in total. The van der Waals surface area contributed by atoms with Crippen molar-refractivity contribution in [2.75, 3.05) is 25.0 Å². The lowest BCUT2D eigenvalue weighted by molar-refractivity contribution is -0.117. The lowest BCUT2D eigenvalue weighted by Crippen LogP contribution is -2.42. The Morgan fingerprint density at radius 3 is 2.41 bits per heavy atom. The fourth-order valence-electron chi connectivity index (χ4n) is 3.04. The Labute approximate surface area is 129 Å². The predicted molar refractivity (Wildman–Crippen MR) is 81.1 cm³/mol. The van der Waals surface area contributed by atoms with E-state index in [9.17, 15) is 13.6 Å². The van der Waals surface area contributed by atoms with Crippen LogP contribution in [-0.4, -0.2) is 37.1 Å². The zero-order valence-electron chi connectivity index (χ0n) is 12.9. The normalized spacial score (nSPS) is 22.6. The van der Waals surface area contributed by atoms with Gasteiger partial charge in [0.05, 0.1) is 6.54 Å². The topological polar surface area (TPSA) is 41.6 Å². The van der Waals surface area contributed by atoms with Crippen LogP contribution in [0.15, 0.2) is 24.3 Å². The first-order valence-corrected chi connectivity index (χ1v) is 7.49. The summed E-state index contributed by atoms with van der Waals surface area (Å²) in [4.78, 5) is 14.2. The highest BCUT2D eigenvalue weighted by atomic mass is 19.3. The third-order valence-electron chi connectivity index (χ3n) is 3.67. The SMILES string of the molecule is C[C@@H]1C[C@@H](C)CN(CC(=O)Nc2ccc(OC(F)F)cc2)C1. The van der Waals surface area contributed by atoms with E-state index in [2.05, 4.69) is 28.8 Å². The molecule has 122 valence electrons. The Morgan fingerprint density at radius 1 is 1.27 bits per heavy atom. The van der Waals surface area contributed by atoms with Crippen LogP contribution >= 0.6 is 0 Å². The van der Waals surface area contributed by atoms with Crippen LogP contribution in [0.25, 0.3) is 0 Å². The highest BCUT2D eigenvalue weighted by Gasteiger charge is 2.23. The van der Waals surface area contributed by atoms with Crippen LogP contribution in [0, 0.1) is 11.8 Å². The maximum atomic E-state index is 12.1. The van der Waals surface area contributed by atoms with Gasteiger partial charge in [0.15, 0.2) is 0 Å². The van der Waals surface area contributed by atoms with Crippen molar-refractivity contribution in [3.8, 4) is 5.75 Å². The summed E-state index contributed by atoms with van der Waals surface area (Å²) in [6.45, 7) is 3.76. The molecule has 1 aromatic rings. The van der Waals surface area contributed by atoms with Gasteiger partial charge in [-0.2, -0.15) is 8.78 Å². The van der Waals surface area contributed by atoms with Crippen LogP contribution in [-0.2, 0) is 4.79 Å².